The molecule has 0 amide bonds. The van der Waals surface area contributed by atoms with Gasteiger partial charge in [0.1, 0.15) is 5.58 Å². The quantitative estimate of drug-likeness (QED) is 0.130. The number of pyridine rings is 2. The first-order valence-electron chi connectivity index (χ1n) is 23.3. The monoisotopic (exact) mass is 909 g/mol. The Morgan fingerprint density at radius 3 is 2.31 bits per heavy atom. The van der Waals surface area contributed by atoms with Gasteiger partial charge in [-0.15, -0.1) is 48.0 Å². The number of fused-ring (bicyclic) bond motifs is 7. The smallest absolute Gasteiger partial charge is 0.129 e. The zero-order chi connectivity index (χ0) is 47.7. The maximum atomic E-state index is 12.7. The summed E-state index contributed by atoms with van der Waals surface area (Å²) in [7, 11) is 0. The second kappa shape index (κ2) is 15.3. The van der Waals surface area contributed by atoms with Crippen molar-refractivity contribution in [2.75, 3.05) is 0 Å². The predicted octanol–water partition coefficient (Wildman–Crippen LogP) is 13.6. The molecule has 5 heteroatoms. The molecule has 0 fully saturated rings. The van der Waals surface area contributed by atoms with Gasteiger partial charge in [-0.2, -0.15) is 0 Å². The van der Waals surface area contributed by atoms with Gasteiger partial charge in [0.25, 0.3) is 0 Å². The minimum atomic E-state index is -2.79. The third-order valence-corrected chi connectivity index (χ3v) is 9.01. The van der Waals surface area contributed by atoms with E-state index in [1.807, 2.05) is 30.3 Å². The number of benzene rings is 6. The Kier molecular flexibility index (Phi) is 7.13. The van der Waals surface area contributed by atoms with Gasteiger partial charge in [-0.1, -0.05) is 117 Å². The molecule has 0 aliphatic heterocycles. The van der Waals surface area contributed by atoms with E-state index in [1.165, 1.54) is 48.8 Å². The SMILES string of the molecule is [2H]C([2H])([2H])c1ccc(-c2[c-]cc(F)cc2)nc1.[2H]c1cc(C([2H])([2H])C(C)(C)C)cc(C([2H])([2H])[2H])c1-c1cc(-c2[c-]ccc3c2oc2c3ccc3ccc4ccccc4c32)ncc1C([2H])([2H])[2H].[Ir]. The van der Waals surface area contributed by atoms with Gasteiger partial charge < -0.3 is 14.4 Å². The summed E-state index contributed by atoms with van der Waals surface area (Å²) in [6.45, 7) is -2.56. The van der Waals surface area contributed by atoms with Gasteiger partial charge in [0.2, 0.25) is 0 Å². The Morgan fingerprint density at radius 2 is 1.55 bits per heavy atom. The van der Waals surface area contributed by atoms with Crippen LogP contribution in [0.5, 0.6) is 0 Å². The number of hydrogen-bond acceptors (Lipinski definition) is 3. The van der Waals surface area contributed by atoms with Crippen molar-refractivity contribution in [3.63, 3.8) is 0 Å². The molecule has 0 saturated carbocycles. The average Bonchev–Trinajstić information content (AvgIpc) is 3.64. The van der Waals surface area contributed by atoms with Crippen LogP contribution in [0.2, 0.25) is 0 Å². The van der Waals surface area contributed by atoms with Gasteiger partial charge in [0.05, 0.1) is 6.95 Å². The van der Waals surface area contributed by atoms with Crippen molar-refractivity contribution in [3.8, 4) is 33.6 Å². The number of furan rings is 1. The molecule has 0 aliphatic carbocycles. The molecule has 0 spiro atoms. The molecule has 0 aliphatic rings. The first-order valence-corrected chi connectivity index (χ1v) is 17.3. The van der Waals surface area contributed by atoms with E-state index >= 15 is 0 Å². The maximum absolute atomic E-state index is 12.7. The summed E-state index contributed by atoms with van der Waals surface area (Å²) >= 11 is 0. The number of aryl methyl sites for hydroxylation is 3. The van der Waals surface area contributed by atoms with Crippen LogP contribution in [0.25, 0.3) is 77.1 Å². The van der Waals surface area contributed by atoms with Crippen molar-refractivity contribution in [2.45, 2.75) is 47.7 Å². The van der Waals surface area contributed by atoms with Crippen molar-refractivity contribution in [1.29, 1.82) is 0 Å². The molecule has 0 N–H and O–H groups in total. The molecule has 55 heavy (non-hydrogen) atoms. The van der Waals surface area contributed by atoms with E-state index in [0.717, 1.165) is 32.3 Å². The standard InChI is InChI=1S/C38H32NO.C12H9FN.Ir/c1-23-19-25(21-38(3,4)5)13-17-28(23)33-20-34(39-22-24(33)2)32-12-8-11-30-31-18-16-27-15-14-26-9-6-7-10-29(26)35(27)37(31)40-36(30)32;1-9-2-7-12(14-8-9)10-3-5-11(13)6-4-10;/h6-11,13-20,22H,21H2,1-5H3;2-3,5-8H,1H3;/q2*-1;/i1D3,2D3,17D,21D2;1D3;. The van der Waals surface area contributed by atoms with Gasteiger partial charge in [-0.3, -0.25) is 4.39 Å². The number of hydrogen-bond donors (Lipinski definition) is 0. The Morgan fingerprint density at radius 1 is 0.745 bits per heavy atom. The number of aromatic nitrogens is 2. The van der Waals surface area contributed by atoms with Crippen molar-refractivity contribution in [3.05, 3.63) is 168 Å². The van der Waals surface area contributed by atoms with Crippen molar-refractivity contribution in [2.24, 2.45) is 5.41 Å². The topological polar surface area (TPSA) is 38.9 Å². The minimum absolute atomic E-state index is 0. The van der Waals surface area contributed by atoms with Crippen LogP contribution >= 0.6 is 0 Å². The predicted molar refractivity (Wildman–Crippen MR) is 222 cm³/mol. The Labute approximate surface area is 352 Å². The molecule has 3 heterocycles. The Bertz CT molecular complexity index is 3300. The minimum Gasteiger partial charge on any atom is -0.500 e. The Balaban J connectivity index is 0.000000312. The van der Waals surface area contributed by atoms with Crippen molar-refractivity contribution >= 4 is 43.5 Å². The molecule has 0 saturated heterocycles. The summed E-state index contributed by atoms with van der Waals surface area (Å²) in [6.07, 6.45) is 0.513. The zero-order valence-electron chi connectivity index (χ0n) is 42.1. The molecule has 1 radical (unpaired) electrons. The zero-order valence-corrected chi connectivity index (χ0v) is 32.5. The fourth-order valence-electron chi connectivity index (χ4n) is 6.62. The summed E-state index contributed by atoms with van der Waals surface area (Å²) < 4.78 is 118. The molecule has 0 atom stereocenters. The Hall–Kier alpha value is -5.48. The molecule has 275 valence electrons. The summed E-state index contributed by atoms with van der Waals surface area (Å²) in [6, 6.07) is 36.7. The molecule has 9 aromatic rings. The number of halogens is 1. The number of nitrogens with zero attached hydrogens (tertiary/aromatic N) is 2. The fourth-order valence-corrected chi connectivity index (χ4v) is 6.62. The van der Waals surface area contributed by atoms with E-state index in [-0.39, 0.29) is 71.0 Å². The van der Waals surface area contributed by atoms with E-state index in [9.17, 15) is 4.39 Å². The summed E-state index contributed by atoms with van der Waals surface area (Å²) in [5.74, 6) is -0.368. The third kappa shape index (κ3) is 7.73. The largest absolute Gasteiger partial charge is 0.500 e. The summed E-state index contributed by atoms with van der Waals surface area (Å²) in [5, 5.41) is 5.77. The molecule has 6 aromatic carbocycles. The molecule has 3 aromatic heterocycles. The van der Waals surface area contributed by atoms with Gasteiger partial charge in [0, 0.05) is 64.2 Å². The molecular formula is C50H41FIrN2O-2. The van der Waals surface area contributed by atoms with Gasteiger partial charge in [0.15, 0.2) is 0 Å². The van der Waals surface area contributed by atoms with Crippen LogP contribution in [0.15, 0.2) is 132 Å². The van der Waals surface area contributed by atoms with Crippen LogP contribution in [-0.4, -0.2) is 9.97 Å². The van der Waals surface area contributed by atoms with Crippen LogP contribution in [0.1, 0.15) is 59.5 Å². The average molecular weight is 909 g/mol. The molecule has 0 unspecified atom stereocenters. The van der Waals surface area contributed by atoms with Crippen LogP contribution in [-0.2, 0) is 26.5 Å². The first-order chi connectivity index (χ1) is 30.8. The van der Waals surface area contributed by atoms with Gasteiger partial charge >= 0.3 is 0 Å². The van der Waals surface area contributed by atoms with Crippen LogP contribution < -0.4 is 0 Å². The van der Waals surface area contributed by atoms with E-state index < -0.39 is 32.3 Å². The van der Waals surface area contributed by atoms with E-state index in [1.54, 1.807) is 39.0 Å². The van der Waals surface area contributed by atoms with Crippen LogP contribution in [0.3, 0.4) is 0 Å². The van der Waals surface area contributed by atoms with Crippen LogP contribution in [0.4, 0.5) is 4.39 Å². The number of rotatable bonds is 4. The van der Waals surface area contributed by atoms with E-state index in [4.69, 9.17) is 20.9 Å². The second-order valence-corrected chi connectivity index (χ2v) is 14.0. The van der Waals surface area contributed by atoms with Gasteiger partial charge in [-0.05, 0) is 93.3 Å². The molecule has 9 rings (SSSR count). The summed E-state index contributed by atoms with van der Waals surface area (Å²) in [5.41, 5.74) is 1.74. The second-order valence-electron chi connectivity index (χ2n) is 14.0. The third-order valence-electron chi connectivity index (χ3n) is 9.01. The van der Waals surface area contributed by atoms with E-state index in [0.29, 0.717) is 28.0 Å². The normalized spacial score (nSPS) is 15.6. The summed E-state index contributed by atoms with van der Waals surface area (Å²) in [4.78, 5) is 8.56. The fraction of sp³-hybridized carbons (Fsp3) is 0.160. The van der Waals surface area contributed by atoms with Crippen molar-refractivity contribution < 1.29 is 45.4 Å². The van der Waals surface area contributed by atoms with E-state index in [2.05, 4.69) is 46.4 Å². The van der Waals surface area contributed by atoms with Crippen LogP contribution in [0, 0.1) is 43.9 Å². The first kappa shape index (κ1) is 25.6. The molecule has 3 nitrogen and oxygen atoms in total. The maximum Gasteiger partial charge on any atom is 0.129 e. The van der Waals surface area contributed by atoms with Gasteiger partial charge in [-0.25, -0.2) is 0 Å². The molecular weight excluding hydrogens is 856 g/mol. The molecule has 0 bridgehead atoms. The van der Waals surface area contributed by atoms with Crippen molar-refractivity contribution in [1.82, 2.24) is 9.97 Å².